The highest BCUT2D eigenvalue weighted by Gasteiger charge is 2.22. The number of amides is 1. The van der Waals surface area contributed by atoms with E-state index in [-0.39, 0.29) is 18.1 Å². The van der Waals surface area contributed by atoms with Gasteiger partial charge in [-0.1, -0.05) is 6.07 Å². The molecule has 4 N–H and O–H groups in total. The zero-order valence-electron chi connectivity index (χ0n) is 17.2. The third-order valence-corrected chi connectivity index (χ3v) is 5.57. The van der Waals surface area contributed by atoms with Crippen molar-refractivity contribution in [2.45, 2.75) is 19.9 Å². The molecule has 32 heavy (non-hydrogen) atoms. The number of hydrazine groups is 1. The number of rotatable bonds is 5. The van der Waals surface area contributed by atoms with E-state index in [0.29, 0.717) is 41.4 Å². The van der Waals surface area contributed by atoms with Crippen LogP contribution in [-0.4, -0.2) is 31.9 Å². The molecule has 3 aromatic heterocycles. The monoisotopic (exact) mass is 433 g/mol. The van der Waals surface area contributed by atoms with Crippen molar-refractivity contribution >= 4 is 17.4 Å². The lowest BCUT2D eigenvalue weighted by Crippen LogP contribution is -2.30. The summed E-state index contributed by atoms with van der Waals surface area (Å²) in [5.41, 5.74) is 6.45. The van der Waals surface area contributed by atoms with E-state index in [1.807, 2.05) is 19.1 Å². The predicted octanol–water partition coefficient (Wildman–Crippen LogP) is 2.39. The fourth-order valence-corrected chi connectivity index (χ4v) is 4.02. The number of nitrogens with one attached hydrogen (secondary N) is 2. The number of aryl methyl sites for hydroxylation is 1. The Balaban J connectivity index is 1.60. The number of pyridine rings is 1. The van der Waals surface area contributed by atoms with Gasteiger partial charge in [0.1, 0.15) is 17.9 Å². The zero-order valence-corrected chi connectivity index (χ0v) is 17.2. The van der Waals surface area contributed by atoms with Crippen molar-refractivity contribution < 1.29 is 13.9 Å². The van der Waals surface area contributed by atoms with E-state index >= 15 is 0 Å². The molecule has 0 aliphatic carbocycles. The number of nitrogens with two attached hydrogens (primary N) is 1. The molecule has 0 fully saturated rings. The van der Waals surface area contributed by atoms with Gasteiger partial charge in [0.25, 0.3) is 5.91 Å². The predicted molar refractivity (Wildman–Crippen MR) is 116 cm³/mol. The summed E-state index contributed by atoms with van der Waals surface area (Å²) in [6.07, 6.45) is 5.47. The van der Waals surface area contributed by atoms with Crippen LogP contribution in [0.4, 0.5) is 10.3 Å². The van der Waals surface area contributed by atoms with Gasteiger partial charge >= 0.3 is 0 Å². The van der Waals surface area contributed by atoms with Gasteiger partial charge in [0.15, 0.2) is 5.69 Å². The summed E-state index contributed by atoms with van der Waals surface area (Å²) in [5, 5.41) is 3.18. The van der Waals surface area contributed by atoms with E-state index in [1.54, 1.807) is 22.9 Å². The first-order chi connectivity index (χ1) is 15.6. The number of hydrogen-bond donors (Lipinski definition) is 3. The molecule has 5 rings (SSSR count). The number of imidazole rings is 1. The molecule has 1 amide bonds. The molecule has 0 radical (unpaired) electrons. The largest absolute Gasteiger partial charge is 0.493 e. The second kappa shape index (κ2) is 7.89. The highest BCUT2D eigenvalue weighted by Crippen LogP contribution is 2.32. The van der Waals surface area contributed by atoms with Crippen molar-refractivity contribution in [3.05, 3.63) is 71.3 Å². The van der Waals surface area contributed by atoms with Crippen LogP contribution in [0.3, 0.4) is 0 Å². The summed E-state index contributed by atoms with van der Waals surface area (Å²) in [5.74, 6) is 5.64. The number of anilines is 1. The second-order valence-corrected chi connectivity index (χ2v) is 7.37. The number of carbonyl (C=O) groups is 1. The SMILES string of the molecule is Cc1ncccc1-c1cnc(NCc2c(F)ccc3c2CCO3)n2cnc(C(=O)NN)c12. The highest BCUT2D eigenvalue weighted by molar-refractivity contribution is 6.03. The molecule has 0 saturated carbocycles. The summed E-state index contributed by atoms with van der Waals surface area (Å²) in [6, 6.07) is 6.76. The number of nitrogens with zero attached hydrogens (tertiary/aromatic N) is 4. The van der Waals surface area contributed by atoms with Crippen molar-refractivity contribution in [1.82, 2.24) is 24.8 Å². The number of hydrogen-bond acceptors (Lipinski definition) is 7. The Morgan fingerprint density at radius 1 is 1.25 bits per heavy atom. The highest BCUT2D eigenvalue weighted by atomic mass is 19.1. The molecule has 1 aliphatic heterocycles. The lowest BCUT2D eigenvalue weighted by molar-refractivity contribution is 0.0951. The third-order valence-electron chi connectivity index (χ3n) is 5.57. The average molecular weight is 433 g/mol. The van der Waals surface area contributed by atoms with Gasteiger partial charge in [0, 0.05) is 53.3 Å². The molecule has 4 heterocycles. The van der Waals surface area contributed by atoms with E-state index in [4.69, 9.17) is 10.6 Å². The number of ether oxygens (including phenoxy) is 1. The van der Waals surface area contributed by atoms with E-state index in [1.165, 1.54) is 12.4 Å². The Morgan fingerprint density at radius 2 is 2.12 bits per heavy atom. The maximum Gasteiger partial charge on any atom is 0.286 e. The number of aromatic nitrogens is 4. The molecular weight excluding hydrogens is 413 g/mol. The minimum atomic E-state index is -0.531. The second-order valence-electron chi connectivity index (χ2n) is 7.37. The maximum absolute atomic E-state index is 14.5. The maximum atomic E-state index is 14.5. The number of fused-ring (bicyclic) bond motifs is 2. The normalized spacial score (nSPS) is 12.5. The smallest absolute Gasteiger partial charge is 0.286 e. The van der Waals surface area contributed by atoms with Crippen LogP contribution in [0.15, 0.2) is 43.0 Å². The van der Waals surface area contributed by atoms with Crippen molar-refractivity contribution in [3.8, 4) is 16.9 Å². The van der Waals surface area contributed by atoms with Crippen molar-refractivity contribution in [1.29, 1.82) is 0 Å². The number of carbonyl (C=O) groups excluding carboxylic acids is 1. The molecule has 10 heteroatoms. The molecule has 4 aromatic rings. The number of benzene rings is 1. The molecule has 9 nitrogen and oxygen atoms in total. The van der Waals surface area contributed by atoms with Crippen molar-refractivity contribution in [3.63, 3.8) is 0 Å². The van der Waals surface area contributed by atoms with Crippen LogP contribution in [0.2, 0.25) is 0 Å². The molecule has 0 unspecified atom stereocenters. The Labute approximate surface area is 182 Å². The van der Waals surface area contributed by atoms with Crippen LogP contribution in [0, 0.1) is 12.7 Å². The Bertz CT molecular complexity index is 1350. The molecular formula is C22H20FN7O2. The van der Waals surface area contributed by atoms with Crippen molar-refractivity contribution in [2.75, 3.05) is 11.9 Å². The fourth-order valence-electron chi connectivity index (χ4n) is 4.02. The lowest BCUT2D eigenvalue weighted by Gasteiger charge is -2.14. The minimum Gasteiger partial charge on any atom is -0.493 e. The van der Waals surface area contributed by atoms with E-state index < -0.39 is 5.91 Å². The molecule has 0 saturated heterocycles. The number of halogens is 1. The molecule has 0 bridgehead atoms. The van der Waals surface area contributed by atoms with Crippen LogP contribution in [0.5, 0.6) is 5.75 Å². The van der Waals surface area contributed by atoms with Gasteiger partial charge in [-0.25, -0.2) is 20.2 Å². The Morgan fingerprint density at radius 3 is 2.94 bits per heavy atom. The molecule has 0 spiro atoms. The van der Waals surface area contributed by atoms with Crippen LogP contribution < -0.4 is 21.3 Å². The van der Waals surface area contributed by atoms with E-state index in [2.05, 4.69) is 25.7 Å². The Hall–Kier alpha value is -4.05. The molecule has 0 atom stereocenters. The van der Waals surface area contributed by atoms with Crippen LogP contribution in [-0.2, 0) is 13.0 Å². The lowest BCUT2D eigenvalue weighted by atomic mass is 10.0. The zero-order chi connectivity index (χ0) is 22.2. The van der Waals surface area contributed by atoms with Gasteiger partial charge in [-0.05, 0) is 25.1 Å². The molecule has 1 aliphatic rings. The van der Waals surface area contributed by atoms with Crippen LogP contribution in [0.1, 0.15) is 27.3 Å². The van der Waals surface area contributed by atoms with Gasteiger partial charge in [0.2, 0.25) is 5.95 Å². The summed E-state index contributed by atoms with van der Waals surface area (Å²) in [4.78, 5) is 25.5. The summed E-state index contributed by atoms with van der Waals surface area (Å²) >= 11 is 0. The molecule has 1 aromatic carbocycles. The van der Waals surface area contributed by atoms with Gasteiger partial charge in [-0.2, -0.15) is 0 Å². The summed E-state index contributed by atoms with van der Waals surface area (Å²) < 4.78 is 21.7. The van der Waals surface area contributed by atoms with Gasteiger partial charge in [-0.3, -0.25) is 19.6 Å². The molecule has 162 valence electrons. The first-order valence-electron chi connectivity index (χ1n) is 10.0. The first kappa shape index (κ1) is 19.9. The Kier molecular flexibility index (Phi) is 4.91. The van der Waals surface area contributed by atoms with E-state index in [0.717, 1.165) is 16.8 Å². The van der Waals surface area contributed by atoms with Crippen LogP contribution >= 0.6 is 0 Å². The number of nitrogen functional groups attached to an aromatic ring is 1. The van der Waals surface area contributed by atoms with E-state index in [9.17, 15) is 9.18 Å². The summed E-state index contributed by atoms with van der Waals surface area (Å²) in [7, 11) is 0. The fraction of sp³-hybridized carbons (Fsp3) is 0.182. The first-order valence-corrected chi connectivity index (χ1v) is 10.0. The van der Waals surface area contributed by atoms with Crippen molar-refractivity contribution in [2.24, 2.45) is 5.84 Å². The average Bonchev–Trinajstić information content (AvgIpc) is 3.46. The van der Waals surface area contributed by atoms with Gasteiger partial charge < -0.3 is 10.1 Å². The van der Waals surface area contributed by atoms with Crippen LogP contribution in [0.25, 0.3) is 16.6 Å². The standard InChI is InChI=1S/C22H20FN7O2/c1-12-13(3-2-7-25-12)16-10-27-22(30-11-28-19(20(16)30)21(31)29-24)26-9-15-14-6-8-32-18(14)5-4-17(15)23/h2-5,7,10-11H,6,8-9,24H2,1H3,(H,26,27)(H,29,31). The van der Waals surface area contributed by atoms with Gasteiger partial charge in [0.05, 0.1) is 12.1 Å². The van der Waals surface area contributed by atoms with Gasteiger partial charge in [-0.15, -0.1) is 0 Å². The minimum absolute atomic E-state index is 0.149. The summed E-state index contributed by atoms with van der Waals surface area (Å²) in [6.45, 7) is 2.60. The topological polar surface area (TPSA) is 119 Å². The third kappa shape index (κ3) is 3.21. The quantitative estimate of drug-likeness (QED) is 0.251.